The molecule has 0 aliphatic carbocycles. The summed E-state index contributed by atoms with van der Waals surface area (Å²) in [5, 5.41) is 6.00. The fourth-order valence-electron chi connectivity index (χ4n) is 2.41. The van der Waals surface area contributed by atoms with Gasteiger partial charge in [-0.15, -0.1) is 0 Å². The van der Waals surface area contributed by atoms with Crippen LogP contribution in [0.5, 0.6) is 5.75 Å². The van der Waals surface area contributed by atoms with Crippen molar-refractivity contribution < 1.29 is 18.7 Å². The number of anilines is 2. The Labute approximate surface area is 159 Å². The van der Waals surface area contributed by atoms with E-state index in [4.69, 9.17) is 4.74 Å². The Morgan fingerprint density at radius 2 is 2.04 bits per heavy atom. The number of amides is 2. The van der Waals surface area contributed by atoms with Crippen LogP contribution in [-0.4, -0.2) is 23.4 Å². The second kappa shape index (κ2) is 8.59. The van der Waals surface area contributed by atoms with Crippen molar-refractivity contribution in [1.82, 2.24) is 4.98 Å². The molecule has 0 aliphatic heterocycles. The molecular weight excluding hydrogens is 369 g/mol. The lowest BCUT2D eigenvalue weighted by atomic mass is 10.2. The molecule has 0 fully saturated rings. The van der Waals surface area contributed by atoms with Crippen molar-refractivity contribution in [2.75, 3.05) is 17.2 Å². The van der Waals surface area contributed by atoms with E-state index in [1.807, 2.05) is 6.07 Å². The molecule has 8 heteroatoms. The summed E-state index contributed by atoms with van der Waals surface area (Å²) in [5.74, 6) is -0.224. The molecule has 0 aliphatic rings. The van der Waals surface area contributed by atoms with Gasteiger partial charge in [0, 0.05) is 25.1 Å². The maximum Gasteiger partial charge on any atom is 0.224 e. The fourth-order valence-corrected chi connectivity index (χ4v) is 3.36. The van der Waals surface area contributed by atoms with E-state index in [0.717, 1.165) is 10.2 Å². The van der Waals surface area contributed by atoms with Crippen molar-refractivity contribution >= 4 is 44.2 Å². The summed E-state index contributed by atoms with van der Waals surface area (Å²) in [6.07, 6.45) is 0.797. The zero-order valence-electron chi connectivity index (χ0n) is 14.6. The Hall–Kier alpha value is -3.00. The minimum atomic E-state index is -0.356. The highest BCUT2D eigenvalue weighted by Gasteiger charge is 2.08. The molecule has 3 aromatic rings. The van der Waals surface area contributed by atoms with Gasteiger partial charge in [0.1, 0.15) is 11.6 Å². The third kappa shape index (κ3) is 5.49. The van der Waals surface area contributed by atoms with Crippen molar-refractivity contribution in [3.63, 3.8) is 0 Å². The number of carbonyl (C=O) groups excluding carboxylic acids is 2. The normalized spacial score (nSPS) is 10.6. The fraction of sp³-hybridized carbons (Fsp3) is 0.211. The molecule has 0 atom stereocenters. The lowest BCUT2D eigenvalue weighted by Crippen LogP contribution is -2.12. The maximum absolute atomic E-state index is 13.1. The summed E-state index contributed by atoms with van der Waals surface area (Å²) in [6.45, 7) is 1.75. The first-order valence-electron chi connectivity index (χ1n) is 8.36. The quantitative estimate of drug-likeness (QED) is 0.596. The Balaban J connectivity index is 1.49. The van der Waals surface area contributed by atoms with E-state index in [0.29, 0.717) is 29.6 Å². The van der Waals surface area contributed by atoms with Crippen molar-refractivity contribution in [3.05, 3.63) is 48.3 Å². The lowest BCUT2D eigenvalue weighted by Gasteiger charge is -2.07. The molecule has 3 rings (SSSR count). The predicted molar refractivity (Wildman–Crippen MR) is 104 cm³/mol. The molecule has 1 aromatic heterocycles. The van der Waals surface area contributed by atoms with Gasteiger partial charge in [0.2, 0.25) is 11.8 Å². The van der Waals surface area contributed by atoms with Gasteiger partial charge in [-0.1, -0.05) is 17.4 Å². The molecule has 0 spiro atoms. The van der Waals surface area contributed by atoms with Gasteiger partial charge in [0.15, 0.2) is 5.13 Å². The van der Waals surface area contributed by atoms with E-state index >= 15 is 0 Å². The standard InChI is InChI=1S/C19H18FN3O3S/c1-12(24)21-19-23-16-8-7-14(11-17(16)27-19)22-18(25)6-3-9-26-15-5-2-4-13(20)10-15/h2,4-5,7-8,10-11H,3,6,9H2,1H3,(H,22,25)(H,21,23,24). The molecule has 1 heterocycles. The number of fused-ring (bicyclic) bond motifs is 1. The van der Waals surface area contributed by atoms with Gasteiger partial charge in [-0.05, 0) is 36.8 Å². The number of thiazole rings is 1. The summed E-state index contributed by atoms with van der Waals surface area (Å²) < 4.78 is 19.3. The lowest BCUT2D eigenvalue weighted by molar-refractivity contribution is -0.116. The first-order valence-corrected chi connectivity index (χ1v) is 9.17. The number of aromatic nitrogens is 1. The molecule has 0 radical (unpaired) electrons. The zero-order chi connectivity index (χ0) is 19.2. The van der Waals surface area contributed by atoms with Gasteiger partial charge in [-0.2, -0.15) is 0 Å². The van der Waals surface area contributed by atoms with E-state index < -0.39 is 0 Å². The molecule has 2 aromatic carbocycles. The number of ether oxygens (including phenoxy) is 1. The molecule has 0 saturated carbocycles. The van der Waals surface area contributed by atoms with Crippen LogP contribution in [0.15, 0.2) is 42.5 Å². The third-order valence-electron chi connectivity index (χ3n) is 3.57. The van der Waals surface area contributed by atoms with Crippen molar-refractivity contribution in [1.29, 1.82) is 0 Å². The van der Waals surface area contributed by atoms with Gasteiger partial charge in [-0.3, -0.25) is 9.59 Å². The van der Waals surface area contributed by atoms with Gasteiger partial charge in [-0.25, -0.2) is 9.37 Å². The highest BCUT2D eigenvalue weighted by molar-refractivity contribution is 7.22. The number of nitrogens with zero attached hydrogens (tertiary/aromatic N) is 1. The Morgan fingerprint density at radius 3 is 2.81 bits per heavy atom. The molecule has 6 nitrogen and oxygen atoms in total. The third-order valence-corrected chi connectivity index (χ3v) is 4.50. The molecule has 0 bridgehead atoms. The number of halogens is 1. The maximum atomic E-state index is 13.1. The van der Waals surface area contributed by atoms with Gasteiger partial charge in [0.25, 0.3) is 0 Å². The van der Waals surface area contributed by atoms with Gasteiger partial charge in [0.05, 0.1) is 16.8 Å². The monoisotopic (exact) mass is 387 g/mol. The Kier molecular flexibility index (Phi) is 5.97. The van der Waals surface area contributed by atoms with E-state index in [9.17, 15) is 14.0 Å². The molecule has 0 saturated heterocycles. The average Bonchev–Trinajstić information content (AvgIpc) is 2.99. The van der Waals surface area contributed by atoms with Crippen molar-refractivity contribution in [2.45, 2.75) is 19.8 Å². The van der Waals surface area contributed by atoms with Crippen LogP contribution in [0.1, 0.15) is 19.8 Å². The van der Waals surface area contributed by atoms with E-state index in [-0.39, 0.29) is 24.1 Å². The van der Waals surface area contributed by atoms with Crippen LogP contribution in [0, 0.1) is 5.82 Å². The number of carbonyl (C=O) groups is 2. The molecule has 2 N–H and O–H groups in total. The van der Waals surface area contributed by atoms with Gasteiger partial charge < -0.3 is 15.4 Å². The van der Waals surface area contributed by atoms with Crippen molar-refractivity contribution in [3.8, 4) is 5.75 Å². The second-order valence-electron chi connectivity index (χ2n) is 5.84. The summed E-state index contributed by atoms with van der Waals surface area (Å²) in [7, 11) is 0. The first kappa shape index (κ1) is 18.8. The topological polar surface area (TPSA) is 80.3 Å². The number of hydrogen-bond acceptors (Lipinski definition) is 5. The largest absolute Gasteiger partial charge is 0.493 e. The molecule has 0 unspecified atom stereocenters. The predicted octanol–water partition coefficient (Wildman–Crippen LogP) is 4.19. The summed E-state index contributed by atoms with van der Waals surface area (Å²) in [6, 6.07) is 11.3. The minimum Gasteiger partial charge on any atom is -0.493 e. The highest BCUT2D eigenvalue weighted by Crippen LogP contribution is 2.28. The summed E-state index contributed by atoms with van der Waals surface area (Å²) in [4.78, 5) is 27.5. The molecule has 140 valence electrons. The van der Waals surface area contributed by atoms with Crippen LogP contribution in [0.3, 0.4) is 0 Å². The molecule has 27 heavy (non-hydrogen) atoms. The number of rotatable bonds is 7. The number of hydrogen-bond donors (Lipinski definition) is 2. The Morgan fingerprint density at radius 1 is 1.19 bits per heavy atom. The zero-order valence-corrected chi connectivity index (χ0v) is 15.4. The minimum absolute atomic E-state index is 0.135. The van der Waals surface area contributed by atoms with E-state index in [1.54, 1.807) is 24.3 Å². The van der Waals surface area contributed by atoms with Crippen LogP contribution in [0.4, 0.5) is 15.2 Å². The SMILES string of the molecule is CC(=O)Nc1nc2ccc(NC(=O)CCCOc3cccc(F)c3)cc2s1. The van der Waals surface area contributed by atoms with Crippen LogP contribution >= 0.6 is 11.3 Å². The van der Waals surface area contributed by atoms with Gasteiger partial charge >= 0.3 is 0 Å². The van der Waals surface area contributed by atoms with E-state index in [2.05, 4.69) is 15.6 Å². The summed E-state index contributed by atoms with van der Waals surface area (Å²) in [5.41, 5.74) is 1.42. The number of nitrogens with one attached hydrogen (secondary N) is 2. The first-order chi connectivity index (χ1) is 13.0. The number of benzene rings is 2. The molecular formula is C19H18FN3O3S. The van der Waals surface area contributed by atoms with Crippen LogP contribution in [-0.2, 0) is 9.59 Å². The smallest absolute Gasteiger partial charge is 0.224 e. The average molecular weight is 387 g/mol. The van der Waals surface area contributed by atoms with Crippen LogP contribution < -0.4 is 15.4 Å². The Bertz CT molecular complexity index is 974. The van der Waals surface area contributed by atoms with Crippen molar-refractivity contribution in [2.24, 2.45) is 0 Å². The van der Waals surface area contributed by atoms with Crippen LogP contribution in [0.2, 0.25) is 0 Å². The van der Waals surface area contributed by atoms with E-state index in [1.165, 1.54) is 30.4 Å². The molecule has 2 amide bonds. The van der Waals surface area contributed by atoms with Crippen LogP contribution in [0.25, 0.3) is 10.2 Å². The second-order valence-corrected chi connectivity index (χ2v) is 6.87. The summed E-state index contributed by atoms with van der Waals surface area (Å²) >= 11 is 1.34. The highest BCUT2D eigenvalue weighted by atomic mass is 32.1.